The molecular formula is C33H56N2O2+2. The molecule has 4 rings (SSSR count). The minimum atomic E-state index is -0.163. The molecule has 0 heterocycles. The topological polar surface area (TPSA) is 26.3 Å². The van der Waals surface area contributed by atoms with Crippen LogP contribution in [0.2, 0.25) is 0 Å². The molecule has 2 saturated carbocycles. The number of carbonyl (C=O) groups excluding carboxylic acids is 1. The van der Waals surface area contributed by atoms with Crippen molar-refractivity contribution in [3.63, 3.8) is 0 Å². The lowest BCUT2D eigenvalue weighted by Crippen LogP contribution is -2.55. The highest BCUT2D eigenvalue weighted by atomic mass is 16.5. The molecule has 0 N–H and O–H groups in total. The average Bonchev–Trinajstić information content (AvgIpc) is 3.03. The number of aryl methyl sites for hydroxylation is 1. The summed E-state index contributed by atoms with van der Waals surface area (Å²) in [5, 5.41) is 0. The van der Waals surface area contributed by atoms with Crippen molar-refractivity contribution in [1.82, 2.24) is 0 Å². The number of rotatable bonds is 7. The molecule has 4 heteroatoms. The smallest absolute Gasteiger partial charge is 0.370 e. The van der Waals surface area contributed by atoms with Gasteiger partial charge in [-0.15, -0.1) is 0 Å². The van der Waals surface area contributed by atoms with Crippen LogP contribution in [0.1, 0.15) is 89.3 Å². The Bertz CT molecular complexity index is 1030. The molecule has 5 atom stereocenters. The predicted molar refractivity (Wildman–Crippen MR) is 154 cm³/mol. The Hall–Kier alpha value is -1.39. The quantitative estimate of drug-likeness (QED) is 0.236. The van der Waals surface area contributed by atoms with Gasteiger partial charge in [-0.2, -0.15) is 0 Å². The first-order chi connectivity index (χ1) is 16.9. The van der Waals surface area contributed by atoms with E-state index in [4.69, 9.17) is 4.74 Å². The molecule has 208 valence electrons. The van der Waals surface area contributed by atoms with Crippen LogP contribution in [0.3, 0.4) is 0 Å². The van der Waals surface area contributed by atoms with Crippen LogP contribution in [-0.2, 0) is 16.6 Å². The minimum absolute atomic E-state index is 0.0871. The van der Waals surface area contributed by atoms with Crippen molar-refractivity contribution >= 4 is 5.97 Å². The van der Waals surface area contributed by atoms with E-state index in [1.165, 1.54) is 43.2 Å². The molecule has 0 saturated heterocycles. The predicted octanol–water partition coefficient (Wildman–Crippen LogP) is 6.52. The monoisotopic (exact) mass is 512 g/mol. The molecular weight excluding hydrogens is 456 g/mol. The van der Waals surface area contributed by atoms with Crippen molar-refractivity contribution in [1.29, 1.82) is 0 Å². The molecule has 0 spiro atoms. The van der Waals surface area contributed by atoms with Gasteiger partial charge in [0.05, 0.1) is 48.8 Å². The van der Waals surface area contributed by atoms with Gasteiger partial charge < -0.3 is 13.7 Å². The van der Waals surface area contributed by atoms with Crippen LogP contribution in [0, 0.1) is 29.6 Å². The van der Waals surface area contributed by atoms with Crippen molar-refractivity contribution in [2.24, 2.45) is 22.7 Å². The SMILES string of the molecule is Cc1cc(OC(=O)C(CCC[N+](C)(C)C)[N+](C)(C)C)cc2c1[C@]1(C)CCC3C(C)(C)CCC[C@]3(C)[C@H]1C2. The number of ether oxygens (including phenoxy) is 1. The summed E-state index contributed by atoms with van der Waals surface area (Å²) in [5.41, 5.74) is 5.37. The van der Waals surface area contributed by atoms with Gasteiger partial charge in [0.25, 0.3) is 0 Å². The number of nitrogens with zero attached hydrogens (tertiary/aromatic N) is 2. The largest absolute Gasteiger partial charge is 0.422 e. The Kier molecular flexibility index (Phi) is 7.24. The van der Waals surface area contributed by atoms with Crippen molar-refractivity contribution in [3.8, 4) is 5.75 Å². The summed E-state index contributed by atoms with van der Waals surface area (Å²) in [6, 6.07) is 4.22. The molecule has 3 aliphatic rings. The van der Waals surface area contributed by atoms with Crippen LogP contribution in [0.25, 0.3) is 0 Å². The van der Waals surface area contributed by atoms with Gasteiger partial charge >= 0.3 is 5.97 Å². The highest BCUT2D eigenvalue weighted by Gasteiger charge is 2.61. The molecule has 4 nitrogen and oxygen atoms in total. The molecule has 0 bridgehead atoms. The molecule has 0 aliphatic heterocycles. The van der Waals surface area contributed by atoms with E-state index in [-0.39, 0.29) is 17.4 Å². The first-order valence-corrected chi connectivity index (χ1v) is 14.9. The highest BCUT2D eigenvalue weighted by molar-refractivity contribution is 5.77. The molecule has 0 amide bonds. The summed E-state index contributed by atoms with van der Waals surface area (Å²) >= 11 is 0. The number of hydrogen-bond acceptors (Lipinski definition) is 2. The highest BCUT2D eigenvalue weighted by Crippen LogP contribution is 2.68. The Morgan fingerprint density at radius 2 is 1.68 bits per heavy atom. The van der Waals surface area contributed by atoms with E-state index in [9.17, 15) is 4.79 Å². The number of quaternary nitrogens is 2. The van der Waals surface area contributed by atoms with Gasteiger partial charge in [-0.3, -0.25) is 0 Å². The van der Waals surface area contributed by atoms with Crippen molar-refractivity contribution in [3.05, 3.63) is 28.8 Å². The first kappa shape index (κ1) is 28.6. The Labute approximate surface area is 227 Å². The molecule has 0 aromatic heterocycles. The lowest BCUT2D eigenvalue weighted by molar-refractivity contribution is -0.889. The number of carbonyl (C=O) groups is 1. The van der Waals surface area contributed by atoms with Gasteiger partial charge in [0.2, 0.25) is 0 Å². The first-order valence-electron chi connectivity index (χ1n) is 14.9. The van der Waals surface area contributed by atoms with Crippen molar-refractivity contribution in [2.75, 3.05) is 48.8 Å². The van der Waals surface area contributed by atoms with Crippen LogP contribution in [0.5, 0.6) is 5.75 Å². The molecule has 3 aliphatic carbocycles. The van der Waals surface area contributed by atoms with E-state index < -0.39 is 0 Å². The molecule has 37 heavy (non-hydrogen) atoms. The maximum Gasteiger partial charge on any atom is 0.370 e. The normalized spacial score (nSPS) is 31.8. The number of hydrogen-bond donors (Lipinski definition) is 0. The zero-order valence-electron chi connectivity index (χ0n) is 26.0. The number of esters is 1. The second kappa shape index (κ2) is 9.37. The van der Waals surface area contributed by atoms with Gasteiger partial charge in [-0.05, 0) is 95.9 Å². The maximum absolute atomic E-state index is 13.5. The summed E-state index contributed by atoms with van der Waals surface area (Å²) in [6.45, 7) is 13.5. The van der Waals surface area contributed by atoms with E-state index >= 15 is 0 Å². The minimum Gasteiger partial charge on any atom is -0.422 e. The number of likely N-dealkylation sites (N-methyl/N-ethyl adjacent to an activating group) is 1. The molecule has 2 unspecified atom stereocenters. The summed E-state index contributed by atoms with van der Waals surface area (Å²) in [6.07, 6.45) is 9.68. The summed E-state index contributed by atoms with van der Waals surface area (Å²) in [7, 11) is 13.0. The third-order valence-corrected chi connectivity index (χ3v) is 10.9. The fraction of sp³-hybridized carbons (Fsp3) is 0.788. The van der Waals surface area contributed by atoms with Crippen LogP contribution in [-0.4, -0.2) is 69.8 Å². The van der Waals surface area contributed by atoms with Gasteiger partial charge in [-0.25, -0.2) is 4.79 Å². The average molecular weight is 513 g/mol. The summed E-state index contributed by atoms with van der Waals surface area (Å²) in [5.74, 6) is 2.14. The second-order valence-corrected chi connectivity index (χ2v) is 16.1. The zero-order valence-corrected chi connectivity index (χ0v) is 26.0. The van der Waals surface area contributed by atoms with E-state index in [1.54, 1.807) is 5.56 Å². The van der Waals surface area contributed by atoms with Crippen molar-refractivity contribution < 1.29 is 18.5 Å². The third kappa shape index (κ3) is 5.26. The number of benzene rings is 1. The molecule has 2 fully saturated rings. The van der Waals surface area contributed by atoms with Gasteiger partial charge in [-0.1, -0.05) is 34.1 Å². The summed E-state index contributed by atoms with van der Waals surface area (Å²) in [4.78, 5) is 13.5. The van der Waals surface area contributed by atoms with Crippen LogP contribution >= 0.6 is 0 Å². The standard InChI is InChI=1S/C33H56N2O2/c1-23-20-25(37-30(36)26(35(9,10)11)14-12-19-34(6,7)8)21-24-22-28-32(4)17-13-16-31(2,3)27(32)15-18-33(28,5)29(23)24/h20-21,26-28H,12-19,22H2,1-11H3/q+2/t26?,27?,28-,32+,33-/m1/s1. The van der Waals surface area contributed by atoms with Crippen LogP contribution in [0.15, 0.2) is 12.1 Å². The Balaban J connectivity index is 1.58. The van der Waals surface area contributed by atoms with E-state index in [0.29, 0.717) is 21.2 Å². The van der Waals surface area contributed by atoms with Crippen molar-refractivity contribution in [2.45, 2.75) is 97.4 Å². The molecule has 1 aromatic rings. The van der Waals surface area contributed by atoms with Crippen LogP contribution in [0.4, 0.5) is 0 Å². The van der Waals surface area contributed by atoms with Gasteiger partial charge in [0.15, 0.2) is 6.04 Å². The lowest BCUT2D eigenvalue weighted by Gasteiger charge is -2.61. The Morgan fingerprint density at radius 3 is 2.30 bits per heavy atom. The maximum atomic E-state index is 13.5. The second-order valence-electron chi connectivity index (χ2n) is 16.1. The van der Waals surface area contributed by atoms with E-state index in [1.807, 2.05) is 0 Å². The van der Waals surface area contributed by atoms with E-state index in [0.717, 1.165) is 42.0 Å². The van der Waals surface area contributed by atoms with Crippen LogP contribution < -0.4 is 4.74 Å². The Morgan fingerprint density at radius 1 is 1.00 bits per heavy atom. The third-order valence-electron chi connectivity index (χ3n) is 10.9. The fourth-order valence-electron chi connectivity index (χ4n) is 9.25. The summed E-state index contributed by atoms with van der Waals surface area (Å²) < 4.78 is 7.69. The van der Waals surface area contributed by atoms with Gasteiger partial charge in [0.1, 0.15) is 5.75 Å². The van der Waals surface area contributed by atoms with Gasteiger partial charge in [0, 0.05) is 12.8 Å². The zero-order chi connectivity index (χ0) is 27.6. The molecule has 1 aromatic carbocycles. The number of fused-ring (bicyclic) bond motifs is 5. The lowest BCUT2D eigenvalue weighted by atomic mass is 9.43. The van der Waals surface area contributed by atoms with E-state index in [2.05, 4.69) is 89.0 Å². The molecule has 0 radical (unpaired) electrons. The fourth-order valence-corrected chi connectivity index (χ4v) is 9.25.